The smallest absolute Gasteiger partial charge is 0.317 e. The van der Waals surface area contributed by atoms with Crippen molar-refractivity contribution >= 4 is 12.0 Å². The van der Waals surface area contributed by atoms with E-state index in [1.165, 1.54) is 0 Å². The molecule has 0 aromatic heterocycles. The fourth-order valence-electron chi connectivity index (χ4n) is 2.60. The number of nitrogens with one attached hydrogen (secondary N) is 1. The first-order valence-electron chi connectivity index (χ1n) is 7.72. The standard InChI is InChI=1S/C15H28N2O4/c1-11(2)12(4-5-14(18)19)6-8-16-15(20)17(3)13-7-9-21-10-13/h11-13H,4-10H2,1-3H3,(H,16,20)(H,18,19). The summed E-state index contributed by atoms with van der Waals surface area (Å²) < 4.78 is 5.28. The van der Waals surface area contributed by atoms with Gasteiger partial charge in [-0.25, -0.2) is 4.79 Å². The van der Waals surface area contributed by atoms with E-state index in [1.807, 2.05) is 0 Å². The quantitative estimate of drug-likeness (QED) is 0.718. The zero-order valence-corrected chi connectivity index (χ0v) is 13.3. The summed E-state index contributed by atoms with van der Waals surface area (Å²) in [5, 5.41) is 11.7. The van der Waals surface area contributed by atoms with E-state index in [1.54, 1.807) is 11.9 Å². The SMILES string of the molecule is CC(C)C(CCNC(=O)N(C)C1CCOC1)CCC(=O)O. The Morgan fingerprint density at radius 1 is 1.38 bits per heavy atom. The number of carboxylic acid groups (broad SMARTS) is 1. The highest BCUT2D eigenvalue weighted by atomic mass is 16.5. The number of carbonyl (C=O) groups excluding carboxylic acids is 1. The molecule has 122 valence electrons. The van der Waals surface area contributed by atoms with Crippen LogP contribution in [0.4, 0.5) is 4.79 Å². The molecule has 21 heavy (non-hydrogen) atoms. The molecule has 0 aromatic carbocycles. The molecule has 0 aromatic rings. The molecule has 0 saturated carbocycles. The summed E-state index contributed by atoms with van der Waals surface area (Å²) in [5.41, 5.74) is 0. The first-order chi connectivity index (χ1) is 9.91. The molecule has 1 aliphatic rings. The van der Waals surface area contributed by atoms with E-state index >= 15 is 0 Å². The molecule has 1 fully saturated rings. The van der Waals surface area contributed by atoms with E-state index in [-0.39, 0.29) is 18.5 Å². The van der Waals surface area contributed by atoms with Gasteiger partial charge in [0.1, 0.15) is 0 Å². The molecule has 1 aliphatic heterocycles. The minimum absolute atomic E-state index is 0.0776. The normalized spacial score (nSPS) is 19.5. The molecule has 0 radical (unpaired) electrons. The topological polar surface area (TPSA) is 78.9 Å². The van der Waals surface area contributed by atoms with Crippen molar-refractivity contribution in [2.45, 2.75) is 45.6 Å². The van der Waals surface area contributed by atoms with Crippen molar-refractivity contribution in [1.29, 1.82) is 0 Å². The minimum Gasteiger partial charge on any atom is -0.481 e. The molecule has 6 nitrogen and oxygen atoms in total. The molecular weight excluding hydrogens is 272 g/mol. The van der Waals surface area contributed by atoms with Gasteiger partial charge in [-0.2, -0.15) is 0 Å². The van der Waals surface area contributed by atoms with E-state index in [0.29, 0.717) is 38.0 Å². The molecule has 1 rings (SSSR count). The Hall–Kier alpha value is -1.30. The van der Waals surface area contributed by atoms with Crippen LogP contribution in [0.2, 0.25) is 0 Å². The van der Waals surface area contributed by atoms with Crippen LogP contribution in [0.5, 0.6) is 0 Å². The van der Waals surface area contributed by atoms with Crippen LogP contribution in [-0.2, 0) is 9.53 Å². The second-order valence-electron chi connectivity index (χ2n) is 6.09. The molecule has 6 heteroatoms. The van der Waals surface area contributed by atoms with Crippen LogP contribution in [0.3, 0.4) is 0 Å². The molecule has 1 heterocycles. The van der Waals surface area contributed by atoms with Gasteiger partial charge in [0.05, 0.1) is 12.6 Å². The molecule has 1 saturated heterocycles. The van der Waals surface area contributed by atoms with E-state index in [0.717, 1.165) is 12.8 Å². The Morgan fingerprint density at radius 3 is 2.62 bits per heavy atom. The van der Waals surface area contributed by atoms with Crippen molar-refractivity contribution in [3.63, 3.8) is 0 Å². The molecule has 2 unspecified atom stereocenters. The number of hydrogen-bond acceptors (Lipinski definition) is 3. The van der Waals surface area contributed by atoms with Gasteiger partial charge in [0.15, 0.2) is 0 Å². The minimum atomic E-state index is -0.759. The van der Waals surface area contributed by atoms with Gasteiger partial charge >= 0.3 is 12.0 Å². The second kappa shape index (κ2) is 8.87. The van der Waals surface area contributed by atoms with Crippen LogP contribution in [0.25, 0.3) is 0 Å². The average molecular weight is 300 g/mol. The third kappa shape index (κ3) is 6.33. The van der Waals surface area contributed by atoms with Crippen LogP contribution in [0.15, 0.2) is 0 Å². The lowest BCUT2D eigenvalue weighted by Gasteiger charge is -2.25. The number of rotatable bonds is 8. The summed E-state index contributed by atoms with van der Waals surface area (Å²) in [6.45, 7) is 6.09. The lowest BCUT2D eigenvalue weighted by atomic mass is 9.88. The van der Waals surface area contributed by atoms with E-state index in [2.05, 4.69) is 19.2 Å². The fraction of sp³-hybridized carbons (Fsp3) is 0.867. The molecule has 2 N–H and O–H groups in total. The maximum absolute atomic E-state index is 12.0. The summed E-state index contributed by atoms with van der Waals surface area (Å²) in [6.07, 6.45) is 2.55. The molecule has 0 aliphatic carbocycles. The number of ether oxygens (including phenoxy) is 1. The van der Waals surface area contributed by atoms with Crippen molar-refractivity contribution in [3.05, 3.63) is 0 Å². The third-order valence-corrected chi connectivity index (χ3v) is 4.24. The van der Waals surface area contributed by atoms with Crippen LogP contribution in [-0.4, -0.2) is 54.9 Å². The van der Waals surface area contributed by atoms with Crippen LogP contribution >= 0.6 is 0 Å². The van der Waals surface area contributed by atoms with Crippen molar-refractivity contribution < 1.29 is 19.4 Å². The monoisotopic (exact) mass is 300 g/mol. The van der Waals surface area contributed by atoms with Gasteiger partial charge in [-0.1, -0.05) is 13.8 Å². The number of urea groups is 1. The lowest BCUT2D eigenvalue weighted by Crippen LogP contribution is -2.44. The number of carboxylic acids is 1. The summed E-state index contributed by atoms with van der Waals surface area (Å²) in [5.74, 6) is -0.0191. The highest BCUT2D eigenvalue weighted by Crippen LogP contribution is 2.20. The van der Waals surface area contributed by atoms with Crippen molar-refractivity contribution in [2.75, 3.05) is 26.8 Å². The number of amides is 2. The van der Waals surface area contributed by atoms with Crippen molar-refractivity contribution in [1.82, 2.24) is 10.2 Å². The van der Waals surface area contributed by atoms with Crippen LogP contribution in [0.1, 0.15) is 39.5 Å². The first kappa shape index (κ1) is 17.8. The second-order valence-corrected chi connectivity index (χ2v) is 6.09. The fourth-order valence-corrected chi connectivity index (χ4v) is 2.60. The van der Waals surface area contributed by atoms with Gasteiger partial charge in [-0.05, 0) is 31.1 Å². The number of aliphatic carboxylic acids is 1. The molecular formula is C15H28N2O4. The van der Waals surface area contributed by atoms with Crippen molar-refractivity contribution in [3.8, 4) is 0 Å². The number of carbonyl (C=O) groups is 2. The third-order valence-electron chi connectivity index (χ3n) is 4.24. The van der Waals surface area contributed by atoms with E-state index in [4.69, 9.17) is 9.84 Å². The molecule has 2 atom stereocenters. The largest absolute Gasteiger partial charge is 0.481 e. The summed E-state index contributed by atoms with van der Waals surface area (Å²) in [6, 6.07) is 0.0872. The average Bonchev–Trinajstić information content (AvgIpc) is 2.94. The van der Waals surface area contributed by atoms with Gasteiger partial charge in [0.2, 0.25) is 0 Å². The van der Waals surface area contributed by atoms with E-state index < -0.39 is 5.97 Å². The van der Waals surface area contributed by atoms with Crippen molar-refractivity contribution in [2.24, 2.45) is 11.8 Å². The molecule has 0 spiro atoms. The Balaban J connectivity index is 2.28. The molecule has 0 bridgehead atoms. The Morgan fingerprint density at radius 2 is 2.10 bits per heavy atom. The number of nitrogens with zero attached hydrogens (tertiary/aromatic N) is 1. The summed E-state index contributed by atoms with van der Waals surface area (Å²) >= 11 is 0. The Kier molecular flexibility index (Phi) is 7.50. The number of hydrogen-bond donors (Lipinski definition) is 2. The highest BCUT2D eigenvalue weighted by molar-refractivity contribution is 5.74. The first-order valence-corrected chi connectivity index (χ1v) is 7.72. The lowest BCUT2D eigenvalue weighted by molar-refractivity contribution is -0.137. The molecule has 2 amide bonds. The maximum Gasteiger partial charge on any atom is 0.317 e. The zero-order chi connectivity index (χ0) is 15.8. The van der Waals surface area contributed by atoms with Gasteiger partial charge in [0, 0.05) is 26.6 Å². The van der Waals surface area contributed by atoms with Crippen LogP contribution in [0, 0.1) is 11.8 Å². The number of likely N-dealkylation sites (N-methyl/N-ethyl adjacent to an activating group) is 1. The van der Waals surface area contributed by atoms with E-state index in [9.17, 15) is 9.59 Å². The Labute approximate surface area is 126 Å². The highest BCUT2D eigenvalue weighted by Gasteiger charge is 2.24. The van der Waals surface area contributed by atoms with Gasteiger partial charge < -0.3 is 20.1 Å². The van der Waals surface area contributed by atoms with Gasteiger partial charge in [-0.3, -0.25) is 4.79 Å². The zero-order valence-electron chi connectivity index (χ0n) is 13.3. The summed E-state index contributed by atoms with van der Waals surface area (Å²) in [4.78, 5) is 24.4. The van der Waals surface area contributed by atoms with Gasteiger partial charge in [0.25, 0.3) is 0 Å². The van der Waals surface area contributed by atoms with Crippen LogP contribution < -0.4 is 5.32 Å². The Bertz CT molecular complexity index is 341. The maximum atomic E-state index is 12.0. The predicted molar refractivity (Wildman–Crippen MR) is 80.2 cm³/mol. The van der Waals surface area contributed by atoms with Gasteiger partial charge in [-0.15, -0.1) is 0 Å². The summed E-state index contributed by atoms with van der Waals surface area (Å²) in [7, 11) is 1.79. The predicted octanol–water partition coefficient (Wildman–Crippen LogP) is 1.94.